The van der Waals surface area contributed by atoms with E-state index in [0.717, 1.165) is 28.6 Å². The minimum atomic E-state index is -0.347. The van der Waals surface area contributed by atoms with Gasteiger partial charge in [-0.1, -0.05) is 36.7 Å². The maximum Gasteiger partial charge on any atom is 0.336 e. The molecule has 1 aromatic heterocycles. The smallest absolute Gasteiger partial charge is 0.336 e. The summed E-state index contributed by atoms with van der Waals surface area (Å²) in [5, 5.41) is 4.94. The van der Waals surface area contributed by atoms with Gasteiger partial charge in [-0.25, -0.2) is 4.79 Å². The van der Waals surface area contributed by atoms with Crippen LogP contribution in [-0.2, 0) is 13.0 Å². The first-order valence-corrected chi connectivity index (χ1v) is 8.01. The molecule has 3 rings (SSSR count). The van der Waals surface area contributed by atoms with Crippen molar-refractivity contribution in [2.45, 2.75) is 26.8 Å². The summed E-state index contributed by atoms with van der Waals surface area (Å²) in [4.78, 5) is 11.8. The number of hydrogen-bond acceptors (Lipinski definition) is 3. The van der Waals surface area contributed by atoms with Gasteiger partial charge in [0, 0.05) is 28.7 Å². The molecule has 3 aromatic rings. The van der Waals surface area contributed by atoms with Crippen LogP contribution in [-0.4, -0.2) is 0 Å². The lowest BCUT2D eigenvalue weighted by Crippen LogP contribution is -2.07. The molecule has 0 amide bonds. The Balaban J connectivity index is 1.99. The molecule has 4 heteroatoms. The Morgan fingerprint density at radius 1 is 1.13 bits per heavy atom. The molecular weight excluding hydrogens is 310 g/mol. The summed E-state index contributed by atoms with van der Waals surface area (Å²) in [6.07, 6.45) is 0.950. The molecule has 0 saturated carbocycles. The van der Waals surface area contributed by atoms with Crippen molar-refractivity contribution < 1.29 is 4.42 Å². The monoisotopic (exact) mass is 327 g/mol. The van der Waals surface area contributed by atoms with Gasteiger partial charge < -0.3 is 9.73 Å². The maximum atomic E-state index is 11.8. The molecule has 0 aliphatic carbocycles. The summed E-state index contributed by atoms with van der Waals surface area (Å²) >= 11 is 6.22. The van der Waals surface area contributed by atoms with Crippen LogP contribution < -0.4 is 10.9 Å². The second kappa shape index (κ2) is 6.47. The Morgan fingerprint density at radius 3 is 2.70 bits per heavy atom. The molecule has 0 aliphatic rings. The number of halogens is 1. The van der Waals surface area contributed by atoms with E-state index in [1.165, 1.54) is 11.6 Å². The average Bonchev–Trinajstić information content (AvgIpc) is 2.54. The molecule has 1 heterocycles. The Bertz CT molecular complexity index is 915. The van der Waals surface area contributed by atoms with Crippen LogP contribution in [0, 0.1) is 6.92 Å². The van der Waals surface area contributed by atoms with Gasteiger partial charge in [-0.3, -0.25) is 0 Å². The highest BCUT2D eigenvalue weighted by molar-refractivity contribution is 6.32. The summed E-state index contributed by atoms with van der Waals surface area (Å²) in [5.41, 5.74) is 4.32. The van der Waals surface area contributed by atoms with Crippen molar-refractivity contribution in [3.05, 3.63) is 74.6 Å². The van der Waals surface area contributed by atoms with Gasteiger partial charge in [0.15, 0.2) is 0 Å². The van der Waals surface area contributed by atoms with E-state index < -0.39 is 0 Å². The Hall–Kier alpha value is -2.26. The number of nitrogens with one attached hydrogen (secondary N) is 1. The number of fused-ring (bicyclic) bond motifs is 1. The molecular formula is C19H18ClNO2. The van der Waals surface area contributed by atoms with E-state index in [9.17, 15) is 4.79 Å². The van der Waals surface area contributed by atoms with E-state index >= 15 is 0 Å². The second-order valence-corrected chi connectivity index (χ2v) is 5.96. The summed E-state index contributed by atoms with van der Waals surface area (Å²) in [7, 11) is 0. The van der Waals surface area contributed by atoms with Crippen molar-refractivity contribution in [2.24, 2.45) is 0 Å². The fraction of sp³-hybridized carbons (Fsp3) is 0.211. The van der Waals surface area contributed by atoms with Crippen LogP contribution in [0.15, 0.2) is 51.7 Å². The zero-order valence-electron chi connectivity index (χ0n) is 13.2. The molecule has 0 radical (unpaired) electrons. The van der Waals surface area contributed by atoms with Crippen LogP contribution >= 0.6 is 11.6 Å². The van der Waals surface area contributed by atoms with Gasteiger partial charge in [0.05, 0.1) is 0 Å². The first kappa shape index (κ1) is 15.6. The molecule has 0 atom stereocenters. The van der Waals surface area contributed by atoms with Gasteiger partial charge in [-0.15, -0.1) is 0 Å². The van der Waals surface area contributed by atoms with Crippen molar-refractivity contribution in [3.8, 4) is 0 Å². The Labute approximate surface area is 139 Å². The normalized spacial score (nSPS) is 10.9. The topological polar surface area (TPSA) is 42.2 Å². The lowest BCUT2D eigenvalue weighted by atomic mass is 10.1. The Kier molecular flexibility index (Phi) is 4.39. The quantitative estimate of drug-likeness (QED) is 0.691. The highest BCUT2D eigenvalue weighted by Gasteiger charge is 2.09. The summed E-state index contributed by atoms with van der Waals surface area (Å²) < 4.78 is 5.29. The fourth-order valence-electron chi connectivity index (χ4n) is 2.69. The van der Waals surface area contributed by atoms with Gasteiger partial charge in [0.25, 0.3) is 0 Å². The predicted octanol–water partition coefficient (Wildman–Crippen LogP) is 4.93. The van der Waals surface area contributed by atoms with Crippen molar-refractivity contribution in [1.29, 1.82) is 0 Å². The second-order valence-electron chi connectivity index (χ2n) is 5.55. The zero-order chi connectivity index (χ0) is 16.4. The van der Waals surface area contributed by atoms with Gasteiger partial charge in [-0.2, -0.15) is 0 Å². The molecule has 23 heavy (non-hydrogen) atoms. The number of rotatable bonds is 4. The summed E-state index contributed by atoms with van der Waals surface area (Å²) in [6.45, 7) is 4.55. The SMILES string of the molecule is CCc1ccccc1NCc1cc(=O)oc2cc(C)c(Cl)cc12. The molecule has 0 unspecified atom stereocenters. The van der Waals surface area contributed by atoms with Crippen LogP contribution in [0.4, 0.5) is 5.69 Å². The highest BCUT2D eigenvalue weighted by atomic mass is 35.5. The van der Waals surface area contributed by atoms with Crippen molar-refractivity contribution >= 4 is 28.3 Å². The largest absolute Gasteiger partial charge is 0.423 e. The van der Waals surface area contributed by atoms with E-state index in [-0.39, 0.29) is 5.63 Å². The molecule has 0 aliphatic heterocycles. The van der Waals surface area contributed by atoms with Crippen LogP contribution in [0.3, 0.4) is 0 Å². The van der Waals surface area contributed by atoms with Crippen LogP contribution in [0.25, 0.3) is 11.0 Å². The number of benzene rings is 2. The predicted molar refractivity (Wildman–Crippen MR) is 95.4 cm³/mol. The number of aryl methyl sites for hydroxylation is 2. The van der Waals surface area contributed by atoms with Crippen molar-refractivity contribution in [1.82, 2.24) is 0 Å². The maximum absolute atomic E-state index is 11.8. The van der Waals surface area contributed by atoms with E-state index in [2.05, 4.69) is 18.3 Å². The lowest BCUT2D eigenvalue weighted by molar-refractivity contribution is 0.559. The van der Waals surface area contributed by atoms with Crippen LogP contribution in [0.1, 0.15) is 23.6 Å². The van der Waals surface area contributed by atoms with Crippen LogP contribution in [0.2, 0.25) is 5.02 Å². The molecule has 0 spiro atoms. The van der Waals surface area contributed by atoms with Crippen molar-refractivity contribution in [2.75, 3.05) is 5.32 Å². The summed E-state index contributed by atoms with van der Waals surface area (Å²) in [6, 6.07) is 13.4. The first-order chi connectivity index (χ1) is 11.1. The minimum absolute atomic E-state index is 0.347. The standard InChI is InChI=1S/C19H18ClNO2/c1-3-13-6-4-5-7-17(13)21-11-14-9-19(22)23-18-8-12(2)16(20)10-15(14)18/h4-10,21H,3,11H2,1-2H3. The molecule has 2 aromatic carbocycles. The van der Waals surface area contributed by atoms with Gasteiger partial charge in [-0.05, 0) is 48.2 Å². The van der Waals surface area contributed by atoms with Crippen molar-refractivity contribution in [3.63, 3.8) is 0 Å². The van der Waals surface area contributed by atoms with Crippen LogP contribution in [0.5, 0.6) is 0 Å². The number of hydrogen-bond donors (Lipinski definition) is 1. The van der Waals surface area contributed by atoms with Gasteiger partial charge >= 0.3 is 5.63 Å². The molecule has 1 N–H and O–H groups in total. The summed E-state index contributed by atoms with van der Waals surface area (Å²) in [5.74, 6) is 0. The molecule has 118 valence electrons. The lowest BCUT2D eigenvalue weighted by Gasteiger charge is -2.12. The third-order valence-electron chi connectivity index (χ3n) is 3.98. The molecule has 0 bridgehead atoms. The van der Waals surface area contributed by atoms with E-state index in [1.807, 2.05) is 37.3 Å². The third-order valence-corrected chi connectivity index (χ3v) is 4.38. The van der Waals surface area contributed by atoms with E-state index in [0.29, 0.717) is 17.2 Å². The molecule has 3 nitrogen and oxygen atoms in total. The van der Waals surface area contributed by atoms with E-state index in [1.54, 1.807) is 0 Å². The van der Waals surface area contributed by atoms with E-state index in [4.69, 9.17) is 16.0 Å². The number of anilines is 1. The molecule has 0 saturated heterocycles. The molecule has 0 fully saturated rings. The first-order valence-electron chi connectivity index (χ1n) is 7.63. The van der Waals surface area contributed by atoms with Gasteiger partial charge in [0.1, 0.15) is 5.58 Å². The Morgan fingerprint density at radius 2 is 1.91 bits per heavy atom. The third kappa shape index (κ3) is 3.25. The average molecular weight is 328 g/mol. The zero-order valence-corrected chi connectivity index (χ0v) is 13.9. The number of para-hydroxylation sites is 1. The van der Waals surface area contributed by atoms with Gasteiger partial charge in [0.2, 0.25) is 0 Å². The minimum Gasteiger partial charge on any atom is -0.423 e. The highest BCUT2D eigenvalue weighted by Crippen LogP contribution is 2.26. The fourth-order valence-corrected chi connectivity index (χ4v) is 2.85.